The third kappa shape index (κ3) is 12.8. The fraction of sp³-hybridized carbons (Fsp3) is 0.944. The van der Waals surface area contributed by atoms with Crippen LogP contribution in [0.2, 0.25) is 0 Å². The third-order valence-corrected chi connectivity index (χ3v) is 3.97. The van der Waals surface area contributed by atoms with Gasteiger partial charge in [-0.15, -0.1) is 0 Å². The van der Waals surface area contributed by atoms with Crippen LogP contribution in [-0.4, -0.2) is 49.2 Å². The maximum Gasteiger partial charge on any atom is 0.407 e. The smallest absolute Gasteiger partial charge is 0.407 e. The Labute approximate surface area is 157 Å². The average molecular weight is 373 g/mol. The van der Waals surface area contributed by atoms with Gasteiger partial charge < -0.3 is 19.5 Å². The van der Waals surface area contributed by atoms with Crippen LogP contribution in [0.5, 0.6) is 0 Å². The summed E-state index contributed by atoms with van der Waals surface area (Å²) in [6, 6.07) is 0. The van der Waals surface area contributed by atoms with E-state index >= 15 is 0 Å². The van der Waals surface area contributed by atoms with Crippen LogP contribution in [0.25, 0.3) is 10.4 Å². The molecular formula is C18H36N4O4. The Balaban J connectivity index is 4.21. The zero-order chi connectivity index (χ0) is 20.3. The summed E-state index contributed by atoms with van der Waals surface area (Å²) in [5.41, 5.74) is 7.09. The molecule has 0 radical (unpaired) electrons. The first-order chi connectivity index (χ1) is 11.9. The standard InChI is InChI=1S/C18H36N4O4/c1-8-18(7,9-11-20-15(23)26-16(2,3)4)25-13-10-17(5,6)24-14-12-21-22-19/h8-14H2,1-7H3,(H,20,23). The van der Waals surface area contributed by atoms with E-state index in [-0.39, 0.29) is 11.2 Å². The molecule has 0 rings (SSSR count). The summed E-state index contributed by atoms with van der Waals surface area (Å²) in [4.78, 5) is 14.4. The third-order valence-electron chi connectivity index (χ3n) is 3.97. The first-order valence-electron chi connectivity index (χ1n) is 9.19. The molecule has 1 amide bonds. The number of alkyl carbamates (subject to hydrolysis) is 1. The predicted octanol–water partition coefficient (Wildman–Crippen LogP) is 4.58. The Morgan fingerprint density at radius 1 is 1.08 bits per heavy atom. The molecule has 0 saturated heterocycles. The Hall–Kier alpha value is -1.50. The van der Waals surface area contributed by atoms with E-state index in [0.29, 0.717) is 32.7 Å². The van der Waals surface area contributed by atoms with Crippen LogP contribution in [0.3, 0.4) is 0 Å². The average Bonchev–Trinajstić information content (AvgIpc) is 2.49. The number of hydrogen-bond acceptors (Lipinski definition) is 5. The highest BCUT2D eigenvalue weighted by Crippen LogP contribution is 2.22. The van der Waals surface area contributed by atoms with Crippen molar-refractivity contribution in [1.29, 1.82) is 0 Å². The summed E-state index contributed by atoms with van der Waals surface area (Å²) in [6.45, 7) is 15.3. The zero-order valence-electron chi connectivity index (χ0n) is 17.4. The number of hydrogen-bond donors (Lipinski definition) is 1. The van der Waals surface area contributed by atoms with Crippen LogP contribution >= 0.6 is 0 Å². The van der Waals surface area contributed by atoms with Gasteiger partial charge in [0.2, 0.25) is 0 Å². The van der Waals surface area contributed by atoms with Gasteiger partial charge in [0, 0.05) is 18.0 Å². The number of rotatable bonds is 12. The van der Waals surface area contributed by atoms with Crippen LogP contribution in [0.15, 0.2) is 5.11 Å². The predicted molar refractivity (Wildman–Crippen MR) is 102 cm³/mol. The fourth-order valence-electron chi connectivity index (χ4n) is 2.12. The molecule has 0 aliphatic carbocycles. The second-order valence-electron chi connectivity index (χ2n) is 8.14. The Bertz CT molecular complexity index is 470. The Morgan fingerprint density at radius 2 is 1.73 bits per heavy atom. The molecule has 1 unspecified atom stereocenters. The lowest BCUT2D eigenvalue weighted by Crippen LogP contribution is -2.38. The van der Waals surface area contributed by atoms with Crippen molar-refractivity contribution >= 4 is 6.09 Å². The van der Waals surface area contributed by atoms with Crippen molar-refractivity contribution in [1.82, 2.24) is 5.32 Å². The van der Waals surface area contributed by atoms with E-state index in [9.17, 15) is 4.79 Å². The quantitative estimate of drug-likeness (QED) is 0.234. The van der Waals surface area contributed by atoms with Gasteiger partial charge in [-0.25, -0.2) is 4.79 Å². The van der Waals surface area contributed by atoms with Gasteiger partial charge in [0.15, 0.2) is 0 Å². The van der Waals surface area contributed by atoms with Crippen LogP contribution < -0.4 is 5.32 Å². The van der Waals surface area contributed by atoms with Gasteiger partial charge in [-0.05, 0) is 66.3 Å². The summed E-state index contributed by atoms with van der Waals surface area (Å²) in [5.74, 6) is 0. The minimum Gasteiger partial charge on any atom is -0.444 e. The van der Waals surface area contributed by atoms with Crippen molar-refractivity contribution in [3.63, 3.8) is 0 Å². The molecule has 1 N–H and O–H groups in total. The van der Waals surface area contributed by atoms with Crippen molar-refractivity contribution in [2.45, 2.75) is 84.5 Å². The summed E-state index contributed by atoms with van der Waals surface area (Å²) in [6.07, 6.45) is 1.84. The molecule has 0 fully saturated rings. The minimum atomic E-state index is -0.501. The highest BCUT2D eigenvalue weighted by atomic mass is 16.6. The molecule has 1 atom stereocenters. The van der Waals surface area contributed by atoms with E-state index in [1.807, 2.05) is 41.5 Å². The van der Waals surface area contributed by atoms with Gasteiger partial charge in [-0.2, -0.15) is 0 Å². The SMILES string of the molecule is CCC(C)(CCNC(=O)OC(C)(C)C)OCCC(C)(C)OCCN=[N+]=[N-]. The molecule has 0 aromatic heterocycles. The number of azide groups is 1. The van der Waals surface area contributed by atoms with Crippen molar-refractivity contribution in [3.05, 3.63) is 10.4 Å². The molecule has 8 nitrogen and oxygen atoms in total. The Kier molecular flexibility index (Phi) is 10.6. The number of carbonyl (C=O) groups excluding carboxylic acids is 1. The molecule has 0 heterocycles. The number of amides is 1. The first kappa shape index (κ1) is 24.5. The fourth-order valence-corrected chi connectivity index (χ4v) is 2.12. The molecule has 0 aliphatic heterocycles. The van der Waals surface area contributed by atoms with Gasteiger partial charge in [0.25, 0.3) is 0 Å². The summed E-state index contributed by atoms with van der Waals surface area (Å²) in [7, 11) is 0. The lowest BCUT2D eigenvalue weighted by molar-refractivity contribution is -0.0804. The molecule has 0 aliphatic rings. The second kappa shape index (κ2) is 11.3. The van der Waals surface area contributed by atoms with Crippen LogP contribution in [0.1, 0.15) is 67.7 Å². The molecule has 0 aromatic rings. The monoisotopic (exact) mass is 372 g/mol. The van der Waals surface area contributed by atoms with E-state index < -0.39 is 11.7 Å². The van der Waals surface area contributed by atoms with E-state index in [0.717, 1.165) is 12.8 Å². The zero-order valence-corrected chi connectivity index (χ0v) is 17.4. The lowest BCUT2D eigenvalue weighted by atomic mass is 9.98. The number of nitrogens with zero attached hydrogens (tertiary/aromatic N) is 3. The van der Waals surface area contributed by atoms with Gasteiger partial charge >= 0.3 is 6.09 Å². The first-order valence-corrected chi connectivity index (χ1v) is 9.19. The summed E-state index contributed by atoms with van der Waals surface area (Å²) < 4.78 is 17.0. The van der Waals surface area contributed by atoms with E-state index in [4.69, 9.17) is 19.7 Å². The topological polar surface area (TPSA) is 106 Å². The van der Waals surface area contributed by atoms with Crippen molar-refractivity contribution in [2.24, 2.45) is 5.11 Å². The van der Waals surface area contributed by atoms with Crippen molar-refractivity contribution in [3.8, 4) is 0 Å². The number of carbonyl (C=O) groups is 1. The van der Waals surface area contributed by atoms with E-state index in [2.05, 4.69) is 22.3 Å². The largest absolute Gasteiger partial charge is 0.444 e. The van der Waals surface area contributed by atoms with Gasteiger partial charge in [0.1, 0.15) is 5.60 Å². The van der Waals surface area contributed by atoms with Gasteiger partial charge in [-0.3, -0.25) is 0 Å². The van der Waals surface area contributed by atoms with Gasteiger partial charge in [-0.1, -0.05) is 12.0 Å². The normalized spacial score (nSPS) is 14.3. The summed E-state index contributed by atoms with van der Waals surface area (Å²) >= 11 is 0. The highest BCUT2D eigenvalue weighted by Gasteiger charge is 2.26. The van der Waals surface area contributed by atoms with Crippen LogP contribution in [0.4, 0.5) is 4.79 Å². The number of nitrogens with one attached hydrogen (secondary N) is 1. The molecule has 152 valence electrons. The molecule has 8 heteroatoms. The molecule has 26 heavy (non-hydrogen) atoms. The maximum absolute atomic E-state index is 11.7. The van der Waals surface area contributed by atoms with Crippen molar-refractivity contribution < 1.29 is 19.0 Å². The summed E-state index contributed by atoms with van der Waals surface area (Å²) in [5, 5.41) is 6.23. The van der Waals surface area contributed by atoms with Gasteiger partial charge in [0.05, 0.1) is 24.4 Å². The molecule has 0 spiro atoms. The molecular weight excluding hydrogens is 336 g/mol. The lowest BCUT2D eigenvalue weighted by Gasteiger charge is -2.32. The van der Waals surface area contributed by atoms with E-state index in [1.54, 1.807) is 0 Å². The second-order valence-corrected chi connectivity index (χ2v) is 8.14. The molecule has 0 bridgehead atoms. The van der Waals surface area contributed by atoms with Crippen LogP contribution in [0, 0.1) is 0 Å². The Morgan fingerprint density at radius 3 is 2.27 bits per heavy atom. The molecule has 0 saturated carbocycles. The minimum absolute atomic E-state index is 0.323. The maximum atomic E-state index is 11.7. The van der Waals surface area contributed by atoms with E-state index in [1.165, 1.54) is 0 Å². The highest BCUT2D eigenvalue weighted by molar-refractivity contribution is 5.67. The van der Waals surface area contributed by atoms with Crippen molar-refractivity contribution in [2.75, 3.05) is 26.3 Å². The molecule has 0 aromatic carbocycles. The number of ether oxygens (including phenoxy) is 3. The van der Waals surface area contributed by atoms with Crippen LogP contribution in [-0.2, 0) is 14.2 Å².